The van der Waals surface area contributed by atoms with Gasteiger partial charge in [-0.1, -0.05) is 30.3 Å². The number of ketones is 1. The first-order valence-corrected chi connectivity index (χ1v) is 4.46. The van der Waals surface area contributed by atoms with Crippen LogP contribution in [0.25, 0.3) is 0 Å². The van der Waals surface area contributed by atoms with Gasteiger partial charge in [-0.25, -0.2) is 4.57 Å². The fraction of sp³-hybridized carbons (Fsp3) is 0.0909. The number of hydrogen-bond donors (Lipinski definition) is 1. The third-order valence-corrected chi connectivity index (χ3v) is 2.02. The highest BCUT2D eigenvalue weighted by atomic mass is 16.1. The highest BCUT2D eigenvalue weighted by Gasteiger charge is 2.08. The molecular formula is C11H11N2O+. The van der Waals surface area contributed by atoms with E-state index in [-0.39, 0.29) is 5.78 Å². The van der Waals surface area contributed by atoms with Gasteiger partial charge < -0.3 is 0 Å². The molecule has 1 aromatic heterocycles. The van der Waals surface area contributed by atoms with E-state index in [1.807, 2.05) is 41.1 Å². The molecular weight excluding hydrogens is 176 g/mol. The smallest absolute Gasteiger partial charge is 0.241 e. The van der Waals surface area contributed by atoms with Crippen LogP contribution in [0, 0.1) is 0 Å². The molecule has 70 valence electrons. The number of nitrogens with zero attached hydrogens (tertiary/aromatic N) is 1. The predicted molar refractivity (Wildman–Crippen MR) is 51.8 cm³/mol. The number of nitrogens with one attached hydrogen (secondary N) is 1. The van der Waals surface area contributed by atoms with E-state index in [0.717, 1.165) is 5.56 Å². The number of H-pyrrole nitrogens is 1. The SMILES string of the molecule is O=C(C[n+]1cc[nH]c1)c1ccccc1. The van der Waals surface area contributed by atoms with Gasteiger partial charge in [0.2, 0.25) is 12.1 Å². The molecule has 0 saturated heterocycles. The summed E-state index contributed by atoms with van der Waals surface area (Å²) in [4.78, 5) is 14.6. The van der Waals surface area contributed by atoms with Gasteiger partial charge >= 0.3 is 0 Å². The zero-order valence-corrected chi connectivity index (χ0v) is 7.68. The summed E-state index contributed by atoms with van der Waals surface area (Å²) >= 11 is 0. The summed E-state index contributed by atoms with van der Waals surface area (Å²) in [6, 6.07) is 9.30. The number of carbonyl (C=O) groups is 1. The molecule has 2 rings (SSSR count). The minimum absolute atomic E-state index is 0.121. The Morgan fingerprint density at radius 2 is 2.07 bits per heavy atom. The number of aromatic amines is 1. The van der Waals surface area contributed by atoms with Gasteiger partial charge in [-0.05, 0) is 0 Å². The van der Waals surface area contributed by atoms with E-state index < -0.39 is 0 Å². The van der Waals surface area contributed by atoms with Gasteiger partial charge in [0.1, 0.15) is 12.4 Å². The maximum atomic E-state index is 11.7. The lowest BCUT2D eigenvalue weighted by Gasteiger charge is -1.96. The first-order chi connectivity index (χ1) is 6.86. The average Bonchev–Trinajstić information content (AvgIpc) is 2.72. The molecule has 14 heavy (non-hydrogen) atoms. The molecule has 0 aliphatic heterocycles. The fourth-order valence-electron chi connectivity index (χ4n) is 1.30. The van der Waals surface area contributed by atoms with Crippen molar-refractivity contribution in [3.05, 3.63) is 54.6 Å². The van der Waals surface area contributed by atoms with Crippen molar-refractivity contribution in [2.75, 3.05) is 0 Å². The Kier molecular flexibility index (Phi) is 2.40. The second-order valence-electron chi connectivity index (χ2n) is 3.07. The van der Waals surface area contributed by atoms with Crippen LogP contribution in [-0.4, -0.2) is 10.8 Å². The van der Waals surface area contributed by atoms with E-state index in [2.05, 4.69) is 4.98 Å². The molecule has 0 amide bonds. The number of aromatic nitrogens is 2. The van der Waals surface area contributed by atoms with Crippen molar-refractivity contribution in [2.45, 2.75) is 6.54 Å². The summed E-state index contributed by atoms with van der Waals surface area (Å²) in [6.07, 6.45) is 5.39. The fourth-order valence-corrected chi connectivity index (χ4v) is 1.30. The average molecular weight is 187 g/mol. The molecule has 3 heteroatoms. The van der Waals surface area contributed by atoms with Crippen LogP contribution < -0.4 is 4.57 Å². The second kappa shape index (κ2) is 3.87. The first-order valence-electron chi connectivity index (χ1n) is 4.46. The van der Waals surface area contributed by atoms with Crippen molar-refractivity contribution in [1.82, 2.24) is 4.98 Å². The summed E-state index contributed by atoms with van der Waals surface area (Å²) < 4.78 is 1.81. The Hall–Kier alpha value is -1.90. The molecule has 0 unspecified atom stereocenters. The Morgan fingerprint density at radius 3 is 2.71 bits per heavy atom. The van der Waals surface area contributed by atoms with E-state index in [9.17, 15) is 4.79 Å². The molecule has 0 aliphatic rings. The largest absolute Gasteiger partial charge is 0.290 e. The summed E-state index contributed by atoms with van der Waals surface area (Å²) in [5, 5.41) is 0. The minimum atomic E-state index is 0.121. The normalized spacial score (nSPS) is 10.0. The van der Waals surface area contributed by atoms with E-state index >= 15 is 0 Å². The molecule has 0 saturated carbocycles. The van der Waals surface area contributed by atoms with Crippen LogP contribution in [0.5, 0.6) is 0 Å². The van der Waals surface area contributed by atoms with E-state index in [1.165, 1.54) is 0 Å². The lowest BCUT2D eigenvalue weighted by molar-refractivity contribution is -0.681. The van der Waals surface area contributed by atoms with E-state index in [1.54, 1.807) is 12.5 Å². The zero-order valence-electron chi connectivity index (χ0n) is 7.68. The molecule has 1 aromatic carbocycles. The van der Waals surface area contributed by atoms with Gasteiger partial charge in [0.15, 0.2) is 6.54 Å². The Balaban J connectivity index is 2.11. The van der Waals surface area contributed by atoms with Crippen LogP contribution in [0.3, 0.4) is 0 Å². The first kappa shape index (κ1) is 8.69. The topological polar surface area (TPSA) is 36.7 Å². The molecule has 0 bridgehead atoms. The molecule has 3 nitrogen and oxygen atoms in total. The summed E-state index contributed by atoms with van der Waals surface area (Å²) in [5.41, 5.74) is 0.751. The Morgan fingerprint density at radius 1 is 1.29 bits per heavy atom. The van der Waals surface area contributed by atoms with E-state index in [0.29, 0.717) is 6.54 Å². The molecule has 0 atom stereocenters. The molecule has 0 radical (unpaired) electrons. The Labute approximate surface area is 82.0 Å². The van der Waals surface area contributed by atoms with Crippen LogP contribution >= 0.6 is 0 Å². The highest BCUT2D eigenvalue weighted by Crippen LogP contribution is 1.99. The predicted octanol–water partition coefficient (Wildman–Crippen LogP) is 1.19. The van der Waals surface area contributed by atoms with Gasteiger partial charge in [-0.15, -0.1) is 0 Å². The molecule has 1 heterocycles. The minimum Gasteiger partial charge on any atom is -0.290 e. The van der Waals surface area contributed by atoms with Crippen molar-refractivity contribution in [3.8, 4) is 0 Å². The van der Waals surface area contributed by atoms with Crippen molar-refractivity contribution in [2.24, 2.45) is 0 Å². The maximum absolute atomic E-state index is 11.7. The van der Waals surface area contributed by atoms with E-state index in [4.69, 9.17) is 0 Å². The van der Waals surface area contributed by atoms with Gasteiger partial charge in [-0.3, -0.25) is 9.78 Å². The standard InChI is InChI=1S/C11H10N2O/c14-11(8-13-7-6-12-9-13)10-4-2-1-3-5-10/h1-7,9H,8H2/p+1. The van der Waals surface area contributed by atoms with Crippen molar-refractivity contribution < 1.29 is 9.36 Å². The quantitative estimate of drug-likeness (QED) is 0.568. The van der Waals surface area contributed by atoms with Crippen LogP contribution in [-0.2, 0) is 6.54 Å². The van der Waals surface area contributed by atoms with Crippen LogP contribution in [0.15, 0.2) is 49.1 Å². The summed E-state index contributed by atoms with van der Waals surface area (Å²) in [7, 11) is 0. The third-order valence-electron chi connectivity index (χ3n) is 2.02. The summed E-state index contributed by atoms with van der Waals surface area (Å²) in [5.74, 6) is 0.121. The van der Waals surface area contributed by atoms with Crippen LogP contribution in [0.1, 0.15) is 10.4 Å². The third kappa shape index (κ3) is 1.88. The van der Waals surface area contributed by atoms with Gasteiger partial charge in [0, 0.05) is 5.56 Å². The number of benzene rings is 1. The molecule has 0 fully saturated rings. The van der Waals surface area contributed by atoms with Crippen molar-refractivity contribution in [3.63, 3.8) is 0 Å². The van der Waals surface area contributed by atoms with Crippen molar-refractivity contribution in [1.29, 1.82) is 0 Å². The maximum Gasteiger partial charge on any atom is 0.241 e. The number of Topliss-reactive ketones (excluding diaryl/α,β-unsaturated/α-hetero) is 1. The zero-order chi connectivity index (χ0) is 9.80. The van der Waals surface area contributed by atoms with Crippen LogP contribution in [0.4, 0.5) is 0 Å². The van der Waals surface area contributed by atoms with Crippen molar-refractivity contribution >= 4 is 5.78 Å². The van der Waals surface area contributed by atoms with Gasteiger partial charge in [0.25, 0.3) is 0 Å². The molecule has 2 aromatic rings. The lowest BCUT2D eigenvalue weighted by atomic mass is 10.1. The summed E-state index contributed by atoms with van der Waals surface area (Å²) in [6.45, 7) is 0.382. The van der Waals surface area contributed by atoms with Crippen LogP contribution in [0.2, 0.25) is 0 Å². The number of hydrogen-bond acceptors (Lipinski definition) is 1. The number of imidazole rings is 1. The van der Waals surface area contributed by atoms with Gasteiger partial charge in [0.05, 0.1) is 0 Å². The molecule has 1 N–H and O–H groups in total. The lowest BCUT2D eigenvalue weighted by Crippen LogP contribution is -2.35. The number of rotatable bonds is 3. The van der Waals surface area contributed by atoms with Gasteiger partial charge in [-0.2, -0.15) is 0 Å². The second-order valence-corrected chi connectivity index (χ2v) is 3.07. The molecule has 0 aliphatic carbocycles. The number of carbonyl (C=O) groups excluding carboxylic acids is 1. The monoisotopic (exact) mass is 187 g/mol. The molecule has 0 spiro atoms. The Bertz CT molecular complexity index is 406. The highest BCUT2D eigenvalue weighted by molar-refractivity contribution is 5.94.